The highest BCUT2D eigenvalue weighted by Crippen LogP contribution is 2.33. The zero-order valence-corrected chi connectivity index (χ0v) is 15.8. The Labute approximate surface area is 163 Å². The largest absolute Gasteiger partial charge is 0.491 e. The first-order chi connectivity index (χ1) is 12.6. The highest BCUT2D eigenvalue weighted by molar-refractivity contribution is 6.37. The van der Waals surface area contributed by atoms with Crippen molar-refractivity contribution in [3.05, 3.63) is 51.6 Å². The number of nitriles is 1. The monoisotopic (exact) mass is 388 g/mol. The van der Waals surface area contributed by atoms with Gasteiger partial charge < -0.3 is 9.47 Å². The van der Waals surface area contributed by atoms with Gasteiger partial charge in [-0.25, -0.2) is 4.98 Å². The average Bonchev–Trinajstić information content (AvgIpc) is 3.15. The quantitative estimate of drug-likeness (QED) is 0.608. The molecule has 0 unspecified atom stereocenters. The van der Waals surface area contributed by atoms with Crippen LogP contribution >= 0.6 is 23.2 Å². The molecular formula is C20H18Cl2N2O2. The summed E-state index contributed by atoms with van der Waals surface area (Å²) in [4.78, 5) is 4.51. The van der Waals surface area contributed by atoms with Gasteiger partial charge in [-0.2, -0.15) is 5.26 Å². The summed E-state index contributed by atoms with van der Waals surface area (Å²) >= 11 is 12.4. The lowest BCUT2D eigenvalue weighted by Crippen LogP contribution is -2.13. The molecule has 134 valence electrons. The fourth-order valence-electron chi connectivity index (χ4n) is 2.94. The summed E-state index contributed by atoms with van der Waals surface area (Å²) in [6, 6.07) is 10.9. The van der Waals surface area contributed by atoms with Crippen molar-refractivity contribution in [3.8, 4) is 17.7 Å². The maximum atomic E-state index is 9.61. The van der Waals surface area contributed by atoms with Gasteiger partial charge in [-0.1, -0.05) is 29.3 Å². The Bertz CT molecular complexity index is 848. The summed E-state index contributed by atoms with van der Waals surface area (Å²) in [7, 11) is 1.57. The molecule has 6 heteroatoms. The Hall–Kier alpha value is -2.22. The molecule has 1 fully saturated rings. The first-order valence-corrected chi connectivity index (χ1v) is 9.16. The Morgan fingerprint density at radius 1 is 1.19 bits per heavy atom. The van der Waals surface area contributed by atoms with Crippen molar-refractivity contribution in [2.75, 3.05) is 7.11 Å². The second-order valence-corrected chi connectivity index (χ2v) is 6.85. The van der Waals surface area contributed by atoms with Crippen LogP contribution in [0.5, 0.6) is 11.6 Å². The normalized spacial score (nSPS) is 14.9. The molecule has 0 bridgehead atoms. The Kier molecular flexibility index (Phi) is 6.03. The minimum absolute atomic E-state index is 0.138. The van der Waals surface area contributed by atoms with E-state index in [9.17, 15) is 5.26 Å². The molecule has 1 aliphatic carbocycles. The number of ether oxygens (including phenoxy) is 2. The first-order valence-electron chi connectivity index (χ1n) is 8.40. The molecule has 3 rings (SSSR count). The fraction of sp³-hybridized carbons (Fsp3) is 0.300. The third-order valence-electron chi connectivity index (χ3n) is 4.31. The van der Waals surface area contributed by atoms with Gasteiger partial charge >= 0.3 is 0 Å². The number of pyridine rings is 1. The molecule has 0 saturated heterocycles. The van der Waals surface area contributed by atoms with Gasteiger partial charge in [0, 0.05) is 15.6 Å². The van der Waals surface area contributed by atoms with Crippen molar-refractivity contribution in [2.45, 2.75) is 31.8 Å². The predicted octanol–water partition coefficient (Wildman–Crippen LogP) is 5.78. The third-order valence-corrected chi connectivity index (χ3v) is 4.97. The molecule has 1 aliphatic rings. The number of nitrogens with zero attached hydrogens (tertiary/aromatic N) is 2. The van der Waals surface area contributed by atoms with Gasteiger partial charge in [0.2, 0.25) is 0 Å². The van der Waals surface area contributed by atoms with Crippen LogP contribution in [0.2, 0.25) is 10.0 Å². The van der Waals surface area contributed by atoms with Gasteiger partial charge in [-0.15, -0.1) is 0 Å². The second kappa shape index (κ2) is 8.44. The predicted molar refractivity (Wildman–Crippen MR) is 104 cm³/mol. The van der Waals surface area contributed by atoms with Crippen molar-refractivity contribution in [3.63, 3.8) is 0 Å². The number of allylic oxidation sites excluding steroid dienone is 1. The van der Waals surface area contributed by atoms with E-state index < -0.39 is 0 Å². The van der Waals surface area contributed by atoms with Crippen LogP contribution in [0.1, 0.15) is 36.9 Å². The van der Waals surface area contributed by atoms with Gasteiger partial charge in [0.1, 0.15) is 12.2 Å². The lowest BCUT2D eigenvalue weighted by atomic mass is 10.1. The Morgan fingerprint density at radius 3 is 2.50 bits per heavy atom. The molecule has 2 aromatic rings. The number of methoxy groups -OCH3 is 1. The molecule has 0 atom stereocenters. The maximum absolute atomic E-state index is 9.61. The van der Waals surface area contributed by atoms with E-state index in [4.69, 9.17) is 32.7 Å². The number of rotatable bonds is 5. The van der Waals surface area contributed by atoms with Gasteiger partial charge in [0.25, 0.3) is 5.88 Å². The molecule has 0 amide bonds. The van der Waals surface area contributed by atoms with Crippen LogP contribution in [0, 0.1) is 11.3 Å². The molecule has 4 nitrogen and oxygen atoms in total. The number of halogens is 2. The molecule has 0 N–H and O–H groups in total. The van der Waals surface area contributed by atoms with Crippen molar-refractivity contribution >= 4 is 34.9 Å². The molecule has 1 saturated carbocycles. The van der Waals surface area contributed by atoms with Crippen molar-refractivity contribution in [2.24, 2.45) is 0 Å². The fourth-order valence-corrected chi connectivity index (χ4v) is 3.44. The van der Waals surface area contributed by atoms with Crippen LogP contribution in [-0.2, 0) is 0 Å². The third kappa shape index (κ3) is 4.12. The highest BCUT2D eigenvalue weighted by atomic mass is 35.5. The molecule has 1 aromatic carbocycles. The van der Waals surface area contributed by atoms with Crippen LogP contribution < -0.4 is 9.47 Å². The number of aromatic nitrogens is 1. The average molecular weight is 389 g/mol. The van der Waals surface area contributed by atoms with Crippen molar-refractivity contribution in [1.29, 1.82) is 5.26 Å². The van der Waals surface area contributed by atoms with Gasteiger partial charge in [-0.3, -0.25) is 0 Å². The minimum atomic E-state index is 0.138. The number of hydrogen-bond donors (Lipinski definition) is 0. The summed E-state index contributed by atoms with van der Waals surface area (Å²) in [6.45, 7) is 0. The highest BCUT2D eigenvalue weighted by Gasteiger charge is 2.20. The molecule has 1 heterocycles. The van der Waals surface area contributed by atoms with Crippen molar-refractivity contribution in [1.82, 2.24) is 4.98 Å². The van der Waals surface area contributed by atoms with E-state index in [-0.39, 0.29) is 6.10 Å². The molecular weight excluding hydrogens is 371 g/mol. The van der Waals surface area contributed by atoms with Crippen molar-refractivity contribution < 1.29 is 9.47 Å². The first kappa shape index (κ1) is 18.6. The van der Waals surface area contributed by atoms with Gasteiger partial charge in [0.05, 0.1) is 18.4 Å². The molecule has 26 heavy (non-hydrogen) atoms. The summed E-state index contributed by atoms with van der Waals surface area (Å²) in [5.41, 5.74) is 1.42. The molecule has 0 aliphatic heterocycles. The summed E-state index contributed by atoms with van der Waals surface area (Å²) in [5, 5.41) is 10.6. The van der Waals surface area contributed by atoms with Crippen LogP contribution in [0.4, 0.5) is 0 Å². The maximum Gasteiger partial charge on any atom is 0.257 e. The topological polar surface area (TPSA) is 55.1 Å². The van der Waals surface area contributed by atoms with Crippen LogP contribution in [0.3, 0.4) is 0 Å². The number of benzene rings is 1. The van der Waals surface area contributed by atoms with E-state index in [1.807, 2.05) is 0 Å². The zero-order chi connectivity index (χ0) is 18.5. The van der Waals surface area contributed by atoms with E-state index in [2.05, 4.69) is 11.1 Å². The Balaban J connectivity index is 1.98. The van der Waals surface area contributed by atoms with E-state index in [0.717, 1.165) is 25.7 Å². The van der Waals surface area contributed by atoms with Crippen LogP contribution in [0.15, 0.2) is 30.3 Å². The van der Waals surface area contributed by atoms with Gasteiger partial charge in [0.15, 0.2) is 5.75 Å². The summed E-state index contributed by atoms with van der Waals surface area (Å²) < 4.78 is 11.4. The smallest absolute Gasteiger partial charge is 0.257 e. The summed E-state index contributed by atoms with van der Waals surface area (Å²) in [6.07, 6.45) is 6.09. The SMILES string of the molecule is COc1ccc(C(C#N)=Cc2c(Cl)cccc2Cl)nc1OC1CCCC1. The lowest BCUT2D eigenvalue weighted by molar-refractivity contribution is 0.191. The minimum Gasteiger partial charge on any atom is -0.491 e. The zero-order valence-electron chi connectivity index (χ0n) is 14.3. The van der Waals surface area contributed by atoms with Gasteiger partial charge in [-0.05, 0) is 56.0 Å². The van der Waals surface area contributed by atoms with E-state index >= 15 is 0 Å². The number of hydrogen-bond acceptors (Lipinski definition) is 4. The summed E-state index contributed by atoms with van der Waals surface area (Å²) in [5.74, 6) is 0.956. The van der Waals surface area contributed by atoms with E-state index in [1.165, 1.54) is 0 Å². The lowest BCUT2D eigenvalue weighted by Gasteiger charge is -2.15. The second-order valence-electron chi connectivity index (χ2n) is 6.03. The molecule has 0 spiro atoms. The van der Waals surface area contributed by atoms with Crippen LogP contribution in [-0.4, -0.2) is 18.2 Å². The van der Waals surface area contributed by atoms with E-state index in [0.29, 0.717) is 38.5 Å². The Morgan fingerprint density at radius 2 is 1.88 bits per heavy atom. The van der Waals surface area contributed by atoms with Crippen LogP contribution in [0.25, 0.3) is 11.6 Å². The standard InChI is InChI=1S/C20H18Cl2N2O2/c1-25-19-10-9-18(24-20(19)26-14-5-2-3-6-14)13(12-23)11-15-16(21)7-4-8-17(15)22/h4,7-11,14H,2-3,5-6H2,1H3. The molecule has 1 aromatic heterocycles. The van der Waals surface area contributed by atoms with E-state index in [1.54, 1.807) is 43.5 Å². The molecule has 0 radical (unpaired) electrons.